The van der Waals surface area contributed by atoms with Crippen LogP contribution in [0.15, 0.2) is 36.7 Å². The van der Waals surface area contributed by atoms with E-state index in [9.17, 15) is 0 Å². The van der Waals surface area contributed by atoms with Gasteiger partial charge in [0.1, 0.15) is 0 Å². The molecular formula is C14H20N4. The van der Waals surface area contributed by atoms with Crippen LogP contribution in [0.25, 0.3) is 0 Å². The Morgan fingerprint density at radius 3 is 2.89 bits per heavy atom. The second kappa shape index (κ2) is 6.31. The number of hydrogen-bond acceptors (Lipinski definition) is 3. The van der Waals surface area contributed by atoms with Gasteiger partial charge in [-0.15, -0.1) is 0 Å². The topological polar surface area (TPSA) is 42.7 Å². The van der Waals surface area contributed by atoms with Gasteiger partial charge in [0.25, 0.3) is 0 Å². The Morgan fingerprint density at radius 2 is 2.17 bits per heavy atom. The average molecular weight is 244 g/mol. The number of nitrogens with one attached hydrogen (secondary N) is 1. The molecule has 4 heteroatoms. The second-order valence-corrected chi connectivity index (χ2v) is 4.40. The second-order valence-electron chi connectivity index (χ2n) is 4.40. The van der Waals surface area contributed by atoms with Crippen molar-refractivity contribution in [1.29, 1.82) is 0 Å². The fraction of sp³-hybridized carbons (Fsp3) is 0.429. The summed E-state index contributed by atoms with van der Waals surface area (Å²) in [6.07, 6.45) is 4.79. The first-order chi connectivity index (χ1) is 8.81. The van der Waals surface area contributed by atoms with Crippen LogP contribution in [0.4, 0.5) is 0 Å². The molecule has 1 N–H and O–H groups in total. The molecule has 2 rings (SSSR count). The molecule has 0 amide bonds. The first kappa shape index (κ1) is 12.8. The lowest BCUT2D eigenvalue weighted by molar-refractivity contribution is 0.511. The monoisotopic (exact) mass is 244 g/mol. The van der Waals surface area contributed by atoms with Crippen LogP contribution in [0.3, 0.4) is 0 Å². The maximum absolute atomic E-state index is 4.35. The lowest BCUT2D eigenvalue weighted by Crippen LogP contribution is -2.21. The van der Waals surface area contributed by atoms with Crippen molar-refractivity contribution in [2.45, 2.75) is 39.4 Å². The van der Waals surface area contributed by atoms with Crippen LogP contribution in [-0.4, -0.2) is 14.8 Å². The fourth-order valence-corrected chi connectivity index (χ4v) is 1.92. The molecule has 2 heterocycles. The van der Waals surface area contributed by atoms with Crippen molar-refractivity contribution >= 4 is 0 Å². The maximum Gasteiger partial charge on any atom is 0.0570 e. The molecule has 0 saturated carbocycles. The van der Waals surface area contributed by atoms with E-state index in [0.717, 1.165) is 25.2 Å². The van der Waals surface area contributed by atoms with E-state index in [4.69, 9.17) is 0 Å². The number of pyridine rings is 1. The molecule has 0 fully saturated rings. The van der Waals surface area contributed by atoms with Crippen molar-refractivity contribution in [2.24, 2.45) is 0 Å². The highest BCUT2D eigenvalue weighted by molar-refractivity contribution is 5.08. The van der Waals surface area contributed by atoms with E-state index in [-0.39, 0.29) is 6.04 Å². The first-order valence-electron chi connectivity index (χ1n) is 6.46. The Morgan fingerprint density at radius 1 is 1.28 bits per heavy atom. The fourth-order valence-electron chi connectivity index (χ4n) is 1.92. The molecule has 2 aromatic heterocycles. The Hall–Kier alpha value is -1.68. The highest BCUT2D eigenvalue weighted by Gasteiger charge is 2.07. The van der Waals surface area contributed by atoms with Crippen molar-refractivity contribution < 1.29 is 0 Å². The Bertz CT molecular complexity index is 464. The van der Waals surface area contributed by atoms with Gasteiger partial charge in [0.05, 0.1) is 11.4 Å². The molecule has 0 aromatic carbocycles. The predicted molar refractivity (Wildman–Crippen MR) is 72.0 cm³/mol. The normalized spacial score (nSPS) is 12.6. The van der Waals surface area contributed by atoms with Gasteiger partial charge < -0.3 is 5.32 Å². The van der Waals surface area contributed by atoms with Crippen LogP contribution in [0.2, 0.25) is 0 Å². The van der Waals surface area contributed by atoms with Gasteiger partial charge >= 0.3 is 0 Å². The van der Waals surface area contributed by atoms with Gasteiger partial charge in [0.2, 0.25) is 0 Å². The predicted octanol–water partition coefficient (Wildman–Crippen LogP) is 2.54. The van der Waals surface area contributed by atoms with Gasteiger partial charge in [-0.05, 0) is 31.5 Å². The van der Waals surface area contributed by atoms with Gasteiger partial charge in [-0.3, -0.25) is 9.67 Å². The smallest absolute Gasteiger partial charge is 0.0570 e. The third-order valence-corrected chi connectivity index (χ3v) is 2.96. The zero-order chi connectivity index (χ0) is 12.8. The Balaban J connectivity index is 1.93. The van der Waals surface area contributed by atoms with Crippen molar-refractivity contribution in [3.8, 4) is 0 Å². The largest absolute Gasteiger partial charge is 0.303 e. The van der Waals surface area contributed by atoms with E-state index < -0.39 is 0 Å². The van der Waals surface area contributed by atoms with E-state index in [2.05, 4.69) is 40.0 Å². The highest BCUT2D eigenvalue weighted by atomic mass is 15.3. The number of nitrogens with zero attached hydrogens (tertiary/aromatic N) is 3. The number of aromatic nitrogens is 3. The molecule has 0 aliphatic rings. The molecule has 96 valence electrons. The summed E-state index contributed by atoms with van der Waals surface area (Å²) in [5, 5.41) is 7.79. The minimum Gasteiger partial charge on any atom is -0.303 e. The maximum atomic E-state index is 4.35. The highest BCUT2D eigenvalue weighted by Crippen LogP contribution is 2.09. The Kier molecular flexibility index (Phi) is 4.47. The SMILES string of the molecule is CCCn1nccc1CNC(C)c1ccccn1. The molecule has 18 heavy (non-hydrogen) atoms. The van der Waals surface area contributed by atoms with Crippen LogP contribution < -0.4 is 5.32 Å². The van der Waals surface area contributed by atoms with E-state index in [1.165, 1.54) is 5.69 Å². The van der Waals surface area contributed by atoms with Crippen LogP contribution in [-0.2, 0) is 13.1 Å². The van der Waals surface area contributed by atoms with E-state index in [1.807, 2.05) is 30.6 Å². The molecule has 0 bridgehead atoms. The summed E-state index contributed by atoms with van der Waals surface area (Å²) in [7, 11) is 0. The average Bonchev–Trinajstić information content (AvgIpc) is 2.85. The number of aryl methyl sites for hydroxylation is 1. The van der Waals surface area contributed by atoms with Crippen LogP contribution in [0.5, 0.6) is 0 Å². The lowest BCUT2D eigenvalue weighted by atomic mass is 10.2. The summed E-state index contributed by atoms with van der Waals surface area (Å²) in [6, 6.07) is 8.31. The number of hydrogen-bond donors (Lipinski definition) is 1. The standard InChI is InChI=1S/C14H20N4/c1-3-10-18-13(7-9-17-18)11-16-12(2)14-6-4-5-8-15-14/h4-9,12,16H,3,10-11H2,1-2H3. The third-order valence-electron chi connectivity index (χ3n) is 2.96. The van der Waals surface area contributed by atoms with Crippen molar-refractivity contribution in [3.05, 3.63) is 48.0 Å². The molecule has 0 saturated heterocycles. The summed E-state index contributed by atoms with van der Waals surface area (Å²) in [4.78, 5) is 4.35. The molecule has 0 aliphatic heterocycles. The number of rotatable bonds is 6. The zero-order valence-corrected chi connectivity index (χ0v) is 11.0. The molecule has 1 atom stereocenters. The quantitative estimate of drug-likeness (QED) is 0.849. The van der Waals surface area contributed by atoms with Gasteiger partial charge in [-0.25, -0.2) is 0 Å². The summed E-state index contributed by atoms with van der Waals surface area (Å²) < 4.78 is 2.05. The van der Waals surface area contributed by atoms with Gasteiger partial charge in [0, 0.05) is 31.5 Å². The molecule has 1 unspecified atom stereocenters. The first-order valence-corrected chi connectivity index (χ1v) is 6.46. The van der Waals surface area contributed by atoms with Gasteiger partial charge in [-0.2, -0.15) is 5.10 Å². The van der Waals surface area contributed by atoms with Crippen LogP contribution >= 0.6 is 0 Å². The molecule has 0 spiro atoms. The molecule has 0 radical (unpaired) electrons. The van der Waals surface area contributed by atoms with E-state index in [0.29, 0.717) is 0 Å². The summed E-state index contributed by atoms with van der Waals surface area (Å²) >= 11 is 0. The van der Waals surface area contributed by atoms with Crippen LogP contribution in [0.1, 0.15) is 37.7 Å². The van der Waals surface area contributed by atoms with Gasteiger partial charge in [0.15, 0.2) is 0 Å². The summed E-state index contributed by atoms with van der Waals surface area (Å²) in [5.41, 5.74) is 2.29. The van der Waals surface area contributed by atoms with E-state index >= 15 is 0 Å². The molecule has 0 aliphatic carbocycles. The molecular weight excluding hydrogens is 224 g/mol. The third kappa shape index (κ3) is 3.17. The van der Waals surface area contributed by atoms with Crippen LogP contribution in [0, 0.1) is 0 Å². The lowest BCUT2D eigenvalue weighted by Gasteiger charge is -2.14. The Labute approximate surface area is 108 Å². The summed E-state index contributed by atoms with van der Waals surface area (Å²) in [6.45, 7) is 6.08. The van der Waals surface area contributed by atoms with E-state index in [1.54, 1.807) is 0 Å². The summed E-state index contributed by atoms with van der Waals surface area (Å²) in [5.74, 6) is 0. The minimum atomic E-state index is 0.246. The molecule has 4 nitrogen and oxygen atoms in total. The molecule has 2 aromatic rings. The minimum absolute atomic E-state index is 0.246. The van der Waals surface area contributed by atoms with Crippen molar-refractivity contribution in [1.82, 2.24) is 20.1 Å². The van der Waals surface area contributed by atoms with Gasteiger partial charge in [-0.1, -0.05) is 13.0 Å². The zero-order valence-electron chi connectivity index (χ0n) is 11.0. The van der Waals surface area contributed by atoms with Crippen molar-refractivity contribution in [3.63, 3.8) is 0 Å². The van der Waals surface area contributed by atoms with Crippen molar-refractivity contribution in [2.75, 3.05) is 0 Å².